The van der Waals surface area contributed by atoms with Crippen molar-refractivity contribution < 1.29 is 21.6 Å². The van der Waals surface area contributed by atoms with Gasteiger partial charge >= 0.3 is 0 Å². The Labute approximate surface area is 209 Å². The molecule has 1 aliphatic rings. The van der Waals surface area contributed by atoms with E-state index in [1.54, 1.807) is 6.07 Å². The quantitative estimate of drug-likeness (QED) is 0.340. The van der Waals surface area contributed by atoms with E-state index in [0.717, 1.165) is 40.5 Å². The molecule has 1 aliphatic heterocycles. The Morgan fingerprint density at radius 3 is 2.31 bits per heavy atom. The molecule has 9 heteroatoms. The number of benzene rings is 3. The number of hydrogen-bond acceptors (Lipinski definition) is 4. The van der Waals surface area contributed by atoms with Crippen LogP contribution < -0.4 is 0 Å². The van der Waals surface area contributed by atoms with Crippen molar-refractivity contribution in [1.29, 1.82) is 0 Å². The molecule has 0 radical (unpaired) electrons. The van der Waals surface area contributed by atoms with Gasteiger partial charge in [0.05, 0.1) is 11.4 Å². The minimum Gasteiger partial charge on any atom is -0.460 e. The molecule has 0 spiro atoms. The summed E-state index contributed by atoms with van der Waals surface area (Å²) in [6, 6.07) is 19.4. The second-order valence-electron chi connectivity index (χ2n) is 8.47. The maximum atomic E-state index is 13.6. The second kappa shape index (κ2) is 10.5. The van der Waals surface area contributed by atoms with Crippen LogP contribution in [-0.2, 0) is 16.6 Å². The molecule has 0 aliphatic carbocycles. The largest absolute Gasteiger partial charge is 0.460 e. The Bertz CT molecular complexity index is 1440. The second-order valence-corrected chi connectivity index (χ2v) is 10.4. The molecule has 5 rings (SSSR count). The standard InChI is InChI=1S/C26H24F2N2O3S.ClH/c27-22-5-1-4-19(15-22)20-8-9-26-21(14-20)16-24(33-26)18-29-10-3-11-30(13-12-29)34(31,32)25-7-2-6-23(28)17-25;/h1-2,4-9,14-17H,3,10-13,18H2;1H. The van der Waals surface area contributed by atoms with E-state index < -0.39 is 15.8 Å². The summed E-state index contributed by atoms with van der Waals surface area (Å²) in [7, 11) is -3.74. The lowest BCUT2D eigenvalue weighted by Gasteiger charge is -2.21. The zero-order chi connectivity index (χ0) is 23.7. The van der Waals surface area contributed by atoms with Crippen LogP contribution in [-0.4, -0.2) is 43.8 Å². The first kappa shape index (κ1) is 25.3. The molecule has 184 valence electrons. The van der Waals surface area contributed by atoms with Crippen molar-refractivity contribution in [3.63, 3.8) is 0 Å². The number of halogens is 3. The monoisotopic (exact) mass is 518 g/mol. The maximum Gasteiger partial charge on any atom is 0.243 e. The Kier molecular flexibility index (Phi) is 7.56. The summed E-state index contributed by atoms with van der Waals surface area (Å²) in [5.41, 5.74) is 2.46. The lowest BCUT2D eigenvalue weighted by Crippen LogP contribution is -2.35. The first-order chi connectivity index (χ1) is 16.4. The van der Waals surface area contributed by atoms with Crippen molar-refractivity contribution in [1.82, 2.24) is 9.21 Å². The van der Waals surface area contributed by atoms with Crippen LogP contribution in [0.2, 0.25) is 0 Å². The third kappa shape index (κ3) is 5.56. The van der Waals surface area contributed by atoms with Gasteiger partial charge in [-0.1, -0.05) is 24.3 Å². The van der Waals surface area contributed by atoms with Crippen LogP contribution in [0.3, 0.4) is 0 Å². The number of fused-ring (bicyclic) bond motifs is 1. The molecule has 1 aromatic heterocycles. The lowest BCUT2D eigenvalue weighted by atomic mass is 10.0. The van der Waals surface area contributed by atoms with Gasteiger partial charge in [-0.25, -0.2) is 17.2 Å². The molecule has 0 N–H and O–H groups in total. The lowest BCUT2D eigenvalue weighted by molar-refractivity contribution is 0.258. The molecule has 0 bridgehead atoms. The molecule has 1 saturated heterocycles. The maximum absolute atomic E-state index is 13.6. The molecular formula is C26H25ClF2N2O3S. The van der Waals surface area contributed by atoms with Crippen molar-refractivity contribution in [3.8, 4) is 11.1 Å². The summed E-state index contributed by atoms with van der Waals surface area (Å²) in [5, 5.41) is 0.932. The summed E-state index contributed by atoms with van der Waals surface area (Å²) >= 11 is 0. The fourth-order valence-corrected chi connectivity index (χ4v) is 5.87. The summed E-state index contributed by atoms with van der Waals surface area (Å²) in [5.74, 6) is -0.0594. The van der Waals surface area contributed by atoms with E-state index in [1.165, 1.54) is 34.6 Å². The van der Waals surface area contributed by atoms with Crippen LogP contribution in [0.1, 0.15) is 12.2 Å². The number of hydrogen-bond donors (Lipinski definition) is 0. The predicted molar refractivity (Wildman–Crippen MR) is 134 cm³/mol. The van der Waals surface area contributed by atoms with Gasteiger partial charge in [0, 0.05) is 25.0 Å². The van der Waals surface area contributed by atoms with Crippen LogP contribution >= 0.6 is 12.4 Å². The molecule has 2 heterocycles. The molecule has 5 nitrogen and oxygen atoms in total. The van der Waals surface area contributed by atoms with Gasteiger partial charge in [0.1, 0.15) is 23.0 Å². The highest BCUT2D eigenvalue weighted by Gasteiger charge is 2.27. The number of furan rings is 1. The average molecular weight is 519 g/mol. The van der Waals surface area contributed by atoms with Gasteiger partial charge < -0.3 is 4.42 Å². The van der Waals surface area contributed by atoms with Gasteiger partial charge in [-0.05, 0) is 72.6 Å². The zero-order valence-electron chi connectivity index (χ0n) is 18.9. The first-order valence-electron chi connectivity index (χ1n) is 11.1. The molecular weight excluding hydrogens is 494 g/mol. The van der Waals surface area contributed by atoms with E-state index in [-0.39, 0.29) is 23.1 Å². The summed E-state index contributed by atoms with van der Waals surface area (Å²) in [6.07, 6.45) is 0.665. The van der Waals surface area contributed by atoms with E-state index in [9.17, 15) is 17.2 Å². The Hall–Kier alpha value is -2.78. The molecule has 0 amide bonds. The Morgan fingerprint density at radius 2 is 1.54 bits per heavy atom. The highest BCUT2D eigenvalue weighted by molar-refractivity contribution is 7.89. The molecule has 0 unspecified atom stereocenters. The molecule has 3 aromatic carbocycles. The van der Waals surface area contributed by atoms with Crippen LogP contribution in [0.25, 0.3) is 22.1 Å². The molecule has 4 aromatic rings. The highest BCUT2D eigenvalue weighted by atomic mass is 35.5. The van der Waals surface area contributed by atoms with Crippen LogP contribution in [0.5, 0.6) is 0 Å². The van der Waals surface area contributed by atoms with E-state index in [0.29, 0.717) is 32.6 Å². The molecule has 0 atom stereocenters. The van der Waals surface area contributed by atoms with Gasteiger partial charge in [-0.15, -0.1) is 12.4 Å². The zero-order valence-corrected chi connectivity index (χ0v) is 20.5. The van der Waals surface area contributed by atoms with Gasteiger partial charge in [-0.2, -0.15) is 4.31 Å². The predicted octanol–water partition coefficient (Wildman–Crippen LogP) is 5.70. The summed E-state index contributed by atoms with van der Waals surface area (Å²) < 4.78 is 60.5. The Balaban J connectivity index is 0.00000289. The van der Waals surface area contributed by atoms with Gasteiger partial charge in [-0.3, -0.25) is 4.90 Å². The SMILES string of the molecule is Cl.O=S(=O)(c1cccc(F)c1)N1CCCN(Cc2cc3cc(-c4cccc(F)c4)ccc3o2)CC1. The van der Waals surface area contributed by atoms with Crippen molar-refractivity contribution >= 4 is 33.4 Å². The minimum absolute atomic E-state index is 0. The topological polar surface area (TPSA) is 53.8 Å². The number of rotatable bonds is 5. The number of nitrogens with zero attached hydrogens (tertiary/aromatic N) is 2. The van der Waals surface area contributed by atoms with Crippen molar-refractivity contribution in [2.75, 3.05) is 26.2 Å². The van der Waals surface area contributed by atoms with Crippen molar-refractivity contribution in [2.45, 2.75) is 17.9 Å². The van der Waals surface area contributed by atoms with Crippen molar-refractivity contribution in [3.05, 3.63) is 90.2 Å². The normalized spacial score (nSPS) is 15.6. The van der Waals surface area contributed by atoms with E-state index in [1.807, 2.05) is 30.3 Å². The fraction of sp³-hybridized carbons (Fsp3) is 0.231. The van der Waals surface area contributed by atoms with Gasteiger partial charge in [0.25, 0.3) is 0 Å². The molecule has 1 fully saturated rings. The summed E-state index contributed by atoms with van der Waals surface area (Å²) in [4.78, 5) is 2.14. The smallest absolute Gasteiger partial charge is 0.243 e. The van der Waals surface area contributed by atoms with E-state index in [2.05, 4.69) is 4.90 Å². The van der Waals surface area contributed by atoms with Gasteiger partial charge in [0.2, 0.25) is 10.0 Å². The van der Waals surface area contributed by atoms with E-state index >= 15 is 0 Å². The van der Waals surface area contributed by atoms with Crippen LogP contribution in [0.4, 0.5) is 8.78 Å². The van der Waals surface area contributed by atoms with Gasteiger partial charge in [0.15, 0.2) is 0 Å². The minimum atomic E-state index is -3.74. The third-order valence-corrected chi connectivity index (χ3v) is 7.98. The molecule has 35 heavy (non-hydrogen) atoms. The fourth-order valence-electron chi connectivity index (χ4n) is 4.37. The van der Waals surface area contributed by atoms with Crippen molar-refractivity contribution in [2.24, 2.45) is 0 Å². The third-order valence-electron chi connectivity index (χ3n) is 6.09. The Morgan fingerprint density at radius 1 is 0.800 bits per heavy atom. The van der Waals surface area contributed by atoms with Crippen LogP contribution in [0.15, 0.2) is 82.1 Å². The highest BCUT2D eigenvalue weighted by Crippen LogP contribution is 2.28. The number of sulfonamides is 1. The van der Waals surface area contributed by atoms with E-state index in [4.69, 9.17) is 4.42 Å². The van der Waals surface area contributed by atoms with Crippen LogP contribution in [0, 0.1) is 11.6 Å². The summed E-state index contributed by atoms with van der Waals surface area (Å²) in [6.45, 7) is 2.52. The molecule has 0 saturated carbocycles. The average Bonchev–Trinajstić information content (AvgIpc) is 3.06. The first-order valence-corrected chi connectivity index (χ1v) is 12.6.